The molecule has 14 heteroatoms. The van der Waals surface area contributed by atoms with E-state index in [1.807, 2.05) is 0 Å². The van der Waals surface area contributed by atoms with Gasteiger partial charge in [0.15, 0.2) is 41.3 Å². The number of phenolic OH excluding ortho intramolecular Hbond substituents is 3. The van der Waals surface area contributed by atoms with Crippen LogP contribution < -0.4 is 14.2 Å². The first-order valence-electron chi connectivity index (χ1n) is 10.4. The standard InChI is InChI=1S/C22H22O14/c1-33-19-8(24)5-10-11(13(19)26)12(25)15(28)18(34-10)6-2-3-9(7(23)4-6)35-22-17(30)14(27)16(29)20(36-22)21(31)32/h2-5,14-18,20,22-24,26-30H,1H3,(H,31,32). The van der Waals surface area contributed by atoms with Gasteiger partial charge in [-0.3, -0.25) is 4.79 Å². The van der Waals surface area contributed by atoms with Crippen molar-refractivity contribution in [1.82, 2.24) is 0 Å². The van der Waals surface area contributed by atoms with E-state index in [-0.39, 0.29) is 22.8 Å². The molecule has 0 radical (unpaired) electrons. The van der Waals surface area contributed by atoms with Crippen LogP contribution in [0.2, 0.25) is 0 Å². The summed E-state index contributed by atoms with van der Waals surface area (Å²) in [6.07, 6.45) is -12.6. The topological polar surface area (TPSA) is 233 Å². The normalized spacial score (nSPS) is 29.7. The smallest absolute Gasteiger partial charge is 0.335 e. The number of aliphatic hydroxyl groups is 4. The molecule has 0 aromatic heterocycles. The van der Waals surface area contributed by atoms with E-state index in [0.29, 0.717) is 0 Å². The largest absolute Gasteiger partial charge is 0.504 e. The number of fused-ring (bicyclic) bond motifs is 1. The van der Waals surface area contributed by atoms with Crippen LogP contribution in [0.5, 0.6) is 34.5 Å². The number of Topliss-reactive ketones (excluding diaryl/α,β-unsaturated/α-hetero) is 1. The van der Waals surface area contributed by atoms with Crippen LogP contribution in [-0.4, -0.2) is 96.5 Å². The molecule has 14 nitrogen and oxygen atoms in total. The number of aliphatic carboxylic acids is 1. The molecule has 0 aliphatic carbocycles. The number of rotatable bonds is 5. The molecule has 0 spiro atoms. The number of carboxylic acid groups (broad SMARTS) is 1. The van der Waals surface area contributed by atoms with Gasteiger partial charge in [-0.2, -0.15) is 0 Å². The number of hydrogen-bond donors (Lipinski definition) is 8. The Labute approximate surface area is 201 Å². The third-order valence-corrected chi connectivity index (χ3v) is 5.83. The predicted molar refractivity (Wildman–Crippen MR) is 113 cm³/mol. The molecule has 0 amide bonds. The molecule has 2 aromatic carbocycles. The molecule has 0 bridgehead atoms. The maximum atomic E-state index is 12.7. The lowest BCUT2D eigenvalue weighted by molar-refractivity contribution is -0.271. The predicted octanol–water partition coefficient (Wildman–Crippen LogP) is -1.24. The van der Waals surface area contributed by atoms with E-state index in [9.17, 15) is 45.3 Å². The van der Waals surface area contributed by atoms with Crippen LogP contribution in [0.4, 0.5) is 0 Å². The average Bonchev–Trinajstić information content (AvgIpc) is 2.82. The van der Waals surface area contributed by atoms with Crippen molar-refractivity contribution in [3.05, 3.63) is 35.4 Å². The molecule has 8 N–H and O–H groups in total. The average molecular weight is 510 g/mol. The molecule has 194 valence electrons. The summed E-state index contributed by atoms with van der Waals surface area (Å²) in [6, 6.07) is 4.45. The zero-order valence-corrected chi connectivity index (χ0v) is 18.4. The van der Waals surface area contributed by atoms with E-state index < -0.39 is 77.5 Å². The lowest BCUT2D eigenvalue weighted by Crippen LogP contribution is -2.61. The molecule has 2 aromatic rings. The SMILES string of the molecule is COc1c(O)cc2c(c1O)C(=O)C(O)C(c1ccc(OC3OC(C(=O)O)C(O)C(O)C3O)c(O)c1)O2. The maximum absolute atomic E-state index is 12.7. The fourth-order valence-electron chi connectivity index (χ4n) is 3.97. The zero-order chi connectivity index (χ0) is 26.5. The lowest BCUT2D eigenvalue weighted by Gasteiger charge is -2.38. The van der Waals surface area contributed by atoms with Gasteiger partial charge < -0.3 is 59.8 Å². The minimum Gasteiger partial charge on any atom is -0.504 e. The van der Waals surface area contributed by atoms with Crippen LogP contribution in [0.1, 0.15) is 22.0 Å². The summed E-state index contributed by atoms with van der Waals surface area (Å²) in [4.78, 5) is 24.0. The van der Waals surface area contributed by atoms with Crippen molar-refractivity contribution in [3.63, 3.8) is 0 Å². The van der Waals surface area contributed by atoms with Gasteiger partial charge in [0, 0.05) is 6.07 Å². The Morgan fingerprint density at radius 1 is 0.972 bits per heavy atom. The number of ketones is 1. The van der Waals surface area contributed by atoms with Crippen LogP contribution in [0.15, 0.2) is 24.3 Å². The summed E-state index contributed by atoms with van der Waals surface area (Å²) in [7, 11) is 1.16. The highest BCUT2D eigenvalue weighted by Crippen LogP contribution is 2.48. The van der Waals surface area contributed by atoms with Crippen molar-refractivity contribution >= 4 is 11.8 Å². The molecule has 0 saturated carbocycles. The van der Waals surface area contributed by atoms with E-state index in [0.717, 1.165) is 25.3 Å². The Morgan fingerprint density at radius 3 is 2.28 bits per heavy atom. The van der Waals surface area contributed by atoms with E-state index in [1.165, 1.54) is 6.07 Å². The summed E-state index contributed by atoms with van der Waals surface area (Å²) in [6.45, 7) is 0. The fraction of sp³-hybridized carbons (Fsp3) is 0.364. The van der Waals surface area contributed by atoms with Gasteiger partial charge in [0.05, 0.1) is 7.11 Å². The summed E-state index contributed by atoms with van der Waals surface area (Å²) >= 11 is 0. The van der Waals surface area contributed by atoms with Crippen LogP contribution >= 0.6 is 0 Å². The van der Waals surface area contributed by atoms with Crippen LogP contribution in [0.25, 0.3) is 0 Å². The number of carbonyl (C=O) groups excluding carboxylic acids is 1. The third kappa shape index (κ3) is 4.10. The number of carboxylic acids is 1. The summed E-state index contributed by atoms with van der Waals surface area (Å²) in [5, 5.41) is 80.1. The number of ether oxygens (including phenoxy) is 4. The second-order valence-electron chi connectivity index (χ2n) is 8.08. The van der Waals surface area contributed by atoms with E-state index >= 15 is 0 Å². The number of aliphatic hydroxyl groups excluding tert-OH is 4. The van der Waals surface area contributed by atoms with Crippen molar-refractivity contribution in [1.29, 1.82) is 0 Å². The summed E-state index contributed by atoms with van der Waals surface area (Å²) in [5.41, 5.74) is -0.347. The van der Waals surface area contributed by atoms with Gasteiger partial charge in [-0.1, -0.05) is 6.07 Å². The number of benzene rings is 2. The number of hydrogen-bond acceptors (Lipinski definition) is 13. The van der Waals surface area contributed by atoms with E-state index in [2.05, 4.69) is 0 Å². The number of carbonyl (C=O) groups is 2. The summed E-state index contributed by atoms with van der Waals surface area (Å²) in [5.74, 6) is -5.39. The Bertz CT molecular complexity index is 1200. The first-order chi connectivity index (χ1) is 17.0. The third-order valence-electron chi connectivity index (χ3n) is 5.83. The minimum absolute atomic E-state index is 0.0603. The highest BCUT2D eigenvalue weighted by atomic mass is 16.7. The highest BCUT2D eigenvalue weighted by molar-refractivity contribution is 6.06. The molecule has 1 saturated heterocycles. The summed E-state index contributed by atoms with van der Waals surface area (Å²) < 4.78 is 20.7. The molecule has 4 rings (SSSR count). The van der Waals surface area contributed by atoms with Gasteiger partial charge >= 0.3 is 5.97 Å². The van der Waals surface area contributed by atoms with Crippen molar-refractivity contribution in [2.24, 2.45) is 0 Å². The minimum atomic E-state index is -1.93. The number of phenols is 3. The molecule has 36 heavy (non-hydrogen) atoms. The van der Waals surface area contributed by atoms with Gasteiger partial charge in [0.25, 0.3) is 0 Å². The monoisotopic (exact) mass is 510 g/mol. The quantitative estimate of drug-likeness (QED) is 0.235. The molecule has 7 unspecified atom stereocenters. The second kappa shape index (κ2) is 9.33. The fourth-order valence-corrected chi connectivity index (χ4v) is 3.97. The molecule has 2 heterocycles. The molecular weight excluding hydrogens is 488 g/mol. The molecular formula is C22H22O14. The Morgan fingerprint density at radius 2 is 1.67 bits per heavy atom. The first kappa shape index (κ1) is 25.3. The molecule has 2 aliphatic heterocycles. The number of aromatic hydroxyl groups is 3. The van der Waals surface area contributed by atoms with Crippen LogP contribution in [0, 0.1) is 0 Å². The van der Waals surface area contributed by atoms with Gasteiger partial charge in [-0.15, -0.1) is 0 Å². The molecule has 2 aliphatic rings. The highest BCUT2D eigenvalue weighted by Gasteiger charge is 2.48. The Kier molecular flexibility index (Phi) is 6.55. The van der Waals surface area contributed by atoms with Gasteiger partial charge in [-0.25, -0.2) is 4.79 Å². The van der Waals surface area contributed by atoms with E-state index in [4.69, 9.17) is 24.1 Å². The van der Waals surface area contributed by atoms with Gasteiger partial charge in [0.2, 0.25) is 17.8 Å². The van der Waals surface area contributed by atoms with Crippen LogP contribution in [-0.2, 0) is 9.53 Å². The zero-order valence-electron chi connectivity index (χ0n) is 18.4. The molecule has 1 fully saturated rings. The first-order valence-corrected chi connectivity index (χ1v) is 10.4. The van der Waals surface area contributed by atoms with Gasteiger partial charge in [0.1, 0.15) is 29.6 Å². The maximum Gasteiger partial charge on any atom is 0.335 e. The molecule has 7 atom stereocenters. The van der Waals surface area contributed by atoms with Gasteiger partial charge in [-0.05, 0) is 17.7 Å². The van der Waals surface area contributed by atoms with Crippen molar-refractivity contribution < 1.29 is 69.4 Å². The number of methoxy groups -OCH3 is 1. The van der Waals surface area contributed by atoms with Crippen molar-refractivity contribution in [2.75, 3.05) is 7.11 Å². The Balaban J connectivity index is 1.59. The Hall–Kier alpha value is -3.82. The van der Waals surface area contributed by atoms with Crippen molar-refractivity contribution in [3.8, 4) is 34.5 Å². The van der Waals surface area contributed by atoms with Crippen molar-refractivity contribution in [2.45, 2.75) is 42.9 Å². The second-order valence-corrected chi connectivity index (χ2v) is 8.08. The lowest BCUT2D eigenvalue weighted by atomic mass is 9.92. The van der Waals surface area contributed by atoms with Crippen LogP contribution in [0.3, 0.4) is 0 Å². The van der Waals surface area contributed by atoms with E-state index in [1.54, 1.807) is 0 Å².